The average molecular weight is 306 g/mol. The molecule has 0 spiro atoms. The fraction of sp³-hybridized carbons (Fsp3) is 0.882. The van der Waals surface area contributed by atoms with Crippen LogP contribution < -0.4 is 0 Å². The normalized spacial score (nSPS) is 24.9. The van der Waals surface area contributed by atoms with Gasteiger partial charge in [-0.25, -0.2) is 0 Å². The highest BCUT2D eigenvalue weighted by Crippen LogP contribution is 2.22. The van der Waals surface area contributed by atoms with Crippen LogP contribution in [0, 0.1) is 17.2 Å². The molecule has 0 N–H and O–H groups in total. The quantitative estimate of drug-likeness (QED) is 0.747. The largest absolute Gasteiger partial charge is 0.343 e. The third-order valence-corrected chi connectivity index (χ3v) is 5.12. The molecule has 2 saturated heterocycles. The van der Waals surface area contributed by atoms with E-state index in [1.807, 2.05) is 6.92 Å². The predicted octanol–water partition coefficient (Wildman–Crippen LogP) is 1.55. The van der Waals surface area contributed by atoms with E-state index in [-0.39, 0.29) is 11.9 Å². The van der Waals surface area contributed by atoms with Gasteiger partial charge in [-0.2, -0.15) is 5.26 Å². The van der Waals surface area contributed by atoms with Crippen molar-refractivity contribution in [1.29, 1.82) is 5.26 Å². The molecule has 0 saturated carbocycles. The number of likely N-dealkylation sites (tertiary alicyclic amines) is 2. The Balaban J connectivity index is 1.76. The molecule has 2 rings (SSSR count). The summed E-state index contributed by atoms with van der Waals surface area (Å²) in [7, 11) is 1.80. The van der Waals surface area contributed by atoms with Crippen LogP contribution in [0.4, 0.5) is 0 Å². The van der Waals surface area contributed by atoms with Crippen molar-refractivity contribution in [2.75, 3.05) is 46.3 Å². The molecule has 2 aliphatic heterocycles. The van der Waals surface area contributed by atoms with E-state index in [0.29, 0.717) is 18.9 Å². The highest BCUT2D eigenvalue weighted by Gasteiger charge is 2.31. The summed E-state index contributed by atoms with van der Waals surface area (Å²) in [5.41, 5.74) is 0. The number of hydrogen-bond acceptors (Lipinski definition) is 4. The van der Waals surface area contributed by atoms with Gasteiger partial charge in [0.05, 0.1) is 18.5 Å². The Morgan fingerprint density at radius 3 is 2.73 bits per heavy atom. The lowest BCUT2D eigenvalue weighted by Gasteiger charge is -2.30. The van der Waals surface area contributed by atoms with Crippen molar-refractivity contribution in [3.63, 3.8) is 0 Å². The van der Waals surface area contributed by atoms with Crippen molar-refractivity contribution in [1.82, 2.24) is 14.7 Å². The Labute approximate surface area is 134 Å². The monoisotopic (exact) mass is 306 g/mol. The maximum absolute atomic E-state index is 12.4. The summed E-state index contributed by atoms with van der Waals surface area (Å²) in [6.45, 7) is 8.30. The third kappa shape index (κ3) is 4.69. The number of carbonyl (C=O) groups is 1. The number of nitriles is 1. The van der Waals surface area contributed by atoms with Gasteiger partial charge in [0.25, 0.3) is 0 Å². The molecule has 2 atom stereocenters. The summed E-state index contributed by atoms with van der Waals surface area (Å²) >= 11 is 0. The second kappa shape index (κ2) is 8.50. The highest BCUT2D eigenvalue weighted by atomic mass is 16.2. The standard InChI is InChI=1S/C17H30N4O/c1-15(17(22)19(2)9-6-8-18)21-12-7-16(14-21)13-20-10-4-3-5-11-20/h15-16H,3-7,9-14H2,1-2H3/t15-,16+/m0/s1. The molecule has 0 aliphatic carbocycles. The van der Waals surface area contributed by atoms with Crippen LogP contribution >= 0.6 is 0 Å². The first kappa shape index (κ1) is 17.2. The van der Waals surface area contributed by atoms with Gasteiger partial charge in [-0.3, -0.25) is 9.69 Å². The number of piperidine rings is 1. The van der Waals surface area contributed by atoms with E-state index in [2.05, 4.69) is 15.9 Å². The van der Waals surface area contributed by atoms with Gasteiger partial charge in [-0.1, -0.05) is 6.42 Å². The Morgan fingerprint density at radius 1 is 1.32 bits per heavy atom. The number of hydrogen-bond donors (Lipinski definition) is 0. The van der Waals surface area contributed by atoms with Crippen LogP contribution in [-0.2, 0) is 4.79 Å². The van der Waals surface area contributed by atoms with Crippen molar-refractivity contribution in [3.8, 4) is 6.07 Å². The molecule has 0 aromatic rings. The molecule has 5 nitrogen and oxygen atoms in total. The van der Waals surface area contributed by atoms with Crippen LogP contribution in [0.5, 0.6) is 0 Å². The minimum Gasteiger partial charge on any atom is -0.343 e. The molecule has 1 amide bonds. The zero-order valence-electron chi connectivity index (χ0n) is 14.1. The number of carbonyl (C=O) groups excluding carboxylic acids is 1. The van der Waals surface area contributed by atoms with Crippen LogP contribution in [0.15, 0.2) is 0 Å². The van der Waals surface area contributed by atoms with Gasteiger partial charge in [-0.15, -0.1) is 0 Å². The fourth-order valence-electron chi connectivity index (χ4n) is 3.67. The Bertz CT molecular complexity index is 400. The van der Waals surface area contributed by atoms with Crippen molar-refractivity contribution in [2.24, 2.45) is 5.92 Å². The van der Waals surface area contributed by atoms with E-state index in [4.69, 9.17) is 5.26 Å². The van der Waals surface area contributed by atoms with Gasteiger partial charge >= 0.3 is 0 Å². The zero-order valence-corrected chi connectivity index (χ0v) is 14.1. The first-order valence-corrected chi connectivity index (χ1v) is 8.70. The van der Waals surface area contributed by atoms with E-state index in [1.54, 1.807) is 11.9 Å². The fourth-order valence-corrected chi connectivity index (χ4v) is 3.67. The van der Waals surface area contributed by atoms with E-state index >= 15 is 0 Å². The van der Waals surface area contributed by atoms with Gasteiger partial charge in [0.15, 0.2) is 0 Å². The van der Waals surface area contributed by atoms with Crippen LogP contribution in [-0.4, -0.2) is 73.0 Å². The van der Waals surface area contributed by atoms with E-state index in [1.165, 1.54) is 45.3 Å². The summed E-state index contributed by atoms with van der Waals surface area (Å²) < 4.78 is 0. The van der Waals surface area contributed by atoms with Crippen LogP contribution in [0.2, 0.25) is 0 Å². The van der Waals surface area contributed by atoms with E-state index < -0.39 is 0 Å². The van der Waals surface area contributed by atoms with Gasteiger partial charge in [0.1, 0.15) is 0 Å². The summed E-state index contributed by atoms with van der Waals surface area (Å²) in [4.78, 5) is 19.0. The predicted molar refractivity (Wildman–Crippen MR) is 87.3 cm³/mol. The molecule has 124 valence electrons. The maximum atomic E-state index is 12.4. The minimum absolute atomic E-state index is 0.0601. The number of likely N-dealkylation sites (N-methyl/N-ethyl adjacent to an activating group) is 1. The average Bonchev–Trinajstić information content (AvgIpc) is 3.00. The smallest absolute Gasteiger partial charge is 0.239 e. The van der Waals surface area contributed by atoms with Gasteiger partial charge in [-0.05, 0) is 51.7 Å². The van der Waals surface area contributed by atoms with Crippen LogP contribution in [0.3, 0.4) is 0 Å². The van der Waals surface area contributed by atoms with Crippen molar-refractivity contribution in [3.05, 3.63) is 0 Å². The van der Waals surface area contributed by atoms with Crippen LogP contribution in [0.25, 0.3) is 0 Å². The lowest BCUT2D eigenvalue weighted by molar-refractivity contribution is -0.134. The molecule has 0 radical (unpaired) electrons. The van der Waals surface area contributed by atoms with Gasteiger partial charge < -0.3 is 9.80 Å². The maximum Gasteiger partial charge on any atom is 0.239 e. The first-order chi connectivity index (χ1) is 10.6. The van der Waals surface area contributed by atoms with Crippen molar-refractivity contribution >= 4 is 5.91 Å². The third-order valence-electron chi connectivity index (χ3n) is 5.12. The molecular weight excluding hydrogens is 276 g/mol. The van der Waals surface area contributed by atoms with Crippen LogP contribution in [0.1, 0.15) is 39.0 Å². The highest BCUT2D eigenvalue weighted by molar-refractivity contribution is 5.81. The lowest BCUT2D eigenvalue weighted by Crippen LogP contribution is -2.45. The Hall–Kier alpha value is -1.12. The molecule has 5 heteroatoms. The molecule has 2 fully saturated rings. The van der Waals surface area contributed by atoms with E-state index in [9.17, 15) is 4.79 Å². The molecule has 0 aromatic heterocycles. The summed E-state index contributed by atoms with van der Waals surface area (Å²) in [6.07, 6.45) is 5.68. The molecular formula is C17H30N4O. The zero-order chi connectivity index (χ0) is 15.9. The summed E-state index contributed by atoms with van der Waals surface area (Å²) in [5, 5.41) is 8.63. The Morgan fingerprint density at radius 2 is 2.05 bits per heavy atom. The molecule has 0 aromatic carbocycles. The summed E-state index contributed by atoms with van der Waals surface area (Å²) in [6, 6.07) is 2.04. The second-order valence-corrected chi connectivity index (χ2v) is 6.85. The van der Waals surface area contributed by atoms with Crippen molar-refractivity contribution in [2.45, 2.75) is 45.1 Å². The first-order valence-electron chi connectivity index (χ1n) is 8.70. The van der Waals surface area contributed by atoms with Gasteiger partial charge in [0.2, 0.25) is 5.91 Å². The molecule has 2 aliphatic rings. The molecule has 2 heterocycles. The molecule has 0 bridgehead atoms. The topological polar surface area (TPSA) is 50.6 Å². The molecule has 22 heavy (non-hydrogen) atoms. The number of rotatable bonds is 6. The molecule has 0 unspecified atom stereocenters. The SMILES string of the molecule is C[C@@H](C(=O)N(C)CCC#N)N1CC[C@H](CN2CCCCC2)C1. The van der Waals surface area contributed by atoms with Crippen molar-refractivity contribution < 1.29 is 4.79 Å². The summed E-state index contributed by atoms with van der Waals surface area (Å²) in [5.74, 6) is 0.853. The van der Waals surface area contributed by atoms with E-state index in [0.717, 1.165) is 13.1 Å². The number of amides is 1. The Kier molecular flexibility index (Phi) is 6.66. The number of nitrogens with zero attached hydrogens (tertiary/aromatic N) is 4. The second-order valence-electron chi connectivity index (χ2n) is 6.85. The lowest BCUT2D eigenvalue weighted by atomic mass is 10.1. The van der Waals surface area contributed by atoms with Gasteiger partial charge in [0, 0.05) is 26.7 Å². The minimum atomic E-state index is -0.0601.